The van der Waals surface area contributed by atoms with Crippen LogP contribution in [0.3, 0.4) is 0 Å². The lowest BCUT2D eigenvalue weighted by molar-refractivity contribution is 0.245. The summed E-state index contributed by atoms with van der Waals surface area (Å²) in [7, 11) is 0. The van der Waals surface area contributed by atoms with Gasteiger partial charge in [0, 0.05) is 24.1 Å². The average Bonchev–Trinajstić information content (AvgIpc) is 1.89. The first-order valence-corrected chi connectivity index (χ1v) is 4.82. The highest BCUT2D eigenvalue weighted by Crippen LogP contribution is 2.14. The molecule has 1 aliphatic heterocycles. The fourth-order valence-corrected chi connectivity index (χ4v) is 2.31. The summed E-state index contributed by atoms with van der Waals surface area (Å²) in [5.41, 5.74) is 0. The molecule has 0 aromatic rings. The molecule has 1 nitrogen and oxygen atoms in total. The van der Waals surface area contributed by atoms with Crippen molar-refractivity contribution in [3.8, 4) is 0 Å². The van der Waals surface area contributed by atoms with Gasteiger partial charge in [-0.25, -0.2) is 0 Å². The number of hydrogen-bond acceptors (Lipinski definition) is 2. The maximum atomic E-state index is 2.54. The minimum atomic E-state index is 0.814. The Hall–Kier alpha value is 0.310. The van der Waals surface area contributed by atoms with Gasteiger partial charge in [-0.15, -0.1) is 0 Å². The second kappa shape index (κ2) is 3.47. The summed E-state index contributed by atoms with van der Waals surface area (Å²) in [6.07, 6.45) is 0. The number of thioether (sulfide) groups is 1. The predicted octanol–water partition coefficient (Wildman–Crippen LogP) is 1.44. The molecule has 0 aromatic carbocycles. The van der Waals surface area contributed by atoms with Gasteiger partial charge < -0.3 is 0 Å². The number of hydrogen-bond donors (Lipinski definition) is 0. The van der Waals surface area contributed by atoms with E-state index in [0.717, 1.165) is 6.04 Å². The molecule has 0 N–H and O–H groups in total. The summed E-state index contributed by atoms with van der Waals surface area (Å²) in [5, 5.41) is 0. The fourth-order valence-electron chi connectivity index (χ4n) is 1.23. The lowest BCUT2D eigenvalue weighted by Gasteiger charge is -2.31. The fraction of sp³-hybridized carbons (Fsp3) is 1.00. The van der Waals surface area contributed by atoms with Gasteiger partial charge in [0.25, 0.3) is 0 Å². The Bertz CT molecular complexity index is 85.0. The summed E-state index contributed by atoms with van der Waals surface area (Å²) in [5.74, 6) is 2.66. The van der Waals surface area contributed by atoms with Crippen molar-refractivity contribution in [3.63, 3.8) is 0 Å². The van der Waals surface area contributed by atoms with E-state index in [1.165, 1.54) is 24.6 Å². The predicted molar refractivity (Wildman–Crippen MR) is 44.0 cm³/mol. The first-order chi connectivity index (χ1) is 4.34. The highest BCUT2D eigenvalue weighted by atomic mass is 32.2. The van der Waals surface area contributed by atoms with E-state index in [9.17, 15) is 0 Å². The van der Waals surface area contributed by atoms with Crippen molar-refractivity contribution in [2.75, 3.05) is 24.6 Å². The third-order valence-electron chi connectivity index (χ3n) is 1.91. The van der Waals surface area contributed by atoms with Crippen LogP contribution in [0.25, 0.3) is 0 Å². The van der Waals surface area contributed by atoms with Crippen molar-refractivity contribution in [1.29, 1.82) is 0 Å². The van der Waals surface area contributed by atoms with Gasteiger partial charge in [-0.05, 0) is 13.5 Å². The quantitative estimate of drug-likeness (QED) is 0.549. The highest BCUT2D eigenvalue weighted by Gasteiger charge is 2.15. The van der Waals surface area contributed by atoms with Crippen LogP contribution in [0.15, 0.2) is 0 Å². The van der Waals surface area contributed by atoms with Crippen LogP contribution in [-0.4, -0.2) is 35.5 Å². The van der Waals surface area contributed by atoms with Crippen molar-refractivity contribution < 1.29 is 0 Å². The number of nitrogens with zero attached hydrogens (tertiary/aromatic N) is 1. The molecule has 1 aliphatic rings. The van der Waals surface area contributed by atoms with Crippen molar-refractivity contribution in [2.45, 2.75) is 19.9 Å². The van der Waals surface area contributed by atoms with Gasteiger partial charge in [-0.2, -0.15) is 11.8 Å². The molecule has 0 bridgehead atoms. The van der Waals surface area contributed by atoms with Crippen molar-refractivity contribution in [1.82, 2.24) is 4.90 Å². The molecule has 0 aromatic heterocycles. The van der Waals surface area contributed by atoms with E-state index < -0.39 is 0 Å². The van der Waals surface area contributed by atoms with E-state index in [1.54, 1.807) is 0 Å². The first kappa shape index (κ1) is 7.42. The summed E-state index contributed by atoms with van der Waals surface area (Å²) in [6, 6.07) is 0.814. The Kier molecular flexibility index (Phi) is 2.86. The molecule has 1 fully saturated rings. The van der Waals surface area contributed by atoms with Crippen LogP contribution in [0.5, 0.6) is 0 Å². The molecule has 2 heteroatoms. The Morgan fingerprint density at radius 3 is 2.89 bits per heavy atom. The minimum absolute atomic E-state index is 0.814. The maximum Gasteiger partial charge on any atom is 0.0158 e. The molecule has 0 spiro atoms. The molecule has 54 valence electrons. The Balaban J connectivity index is 2.30. The summed E-state index contributed by atoms with van der Waals surface area (Å²) in [6.45, 7) is 7.08. The second-order valence-electron chi connectivity index (χ2n) is 2.55. The standard InChI is InChI=1S/C7H15NS/c1-3-8-4-5-9-6-7(8)2/h7H,3-6H2,1-2H3. The lowest BCUT2D eigenvalue weighted by Crippen LogP contribution is -2.39. The van der Waals surface area contributed by atoms with Gasteiger partial charge in [0.05, 0.1) is 0 Å². The Labute approximate surface area is 61.8 Å². The Morgan fingerprint density at radius 1 is 1.67 bits per heavy atom. The van der Waals surface area contributed by atoms with Crippen LogP contribution in [0.4, 0.5) is 0 Å². The van der Waals surface area contributed by atoms with Gasteiger partial charge in [0.1, 0.15) is 0 Å². The summed E-state index contributed by atoms with van der Waals surface area (Å²) < 4.78 is 0. The average molecular weight is 145 g/mol. The van der Waals surface area contributed by atoms with Crippen molar-refractivity contribution >= 4 is 11.8 Å². The van der Waals surface area contributed by atoms with E-state index in [0.29, 0.717) is 0 Å². The zero-order valence-corrected chi connectivity index (χ0v) is 7.08. The molecule has 1 atom stereocenters. The van der Waals surface area contributed by atoms with E-state index in [-0.39, 0.29) is 0 Å². The third kappa shape index (κ3) is 1.87. The zero-order valence-electron chi connectivity index (χ0n) is 6.26. The zero-order chi connectivity index (χ0) is 6.69. The lowest BCUT2D eigenvalue weighted by atomic mass is 10.3. The molecule has 0 radical (unpaired) electrons. The van der Waals surface area contributed by atoms with Crippen molar-refractivity contribution in [2.24, 2.45) is 0 Å². The summed E-state index contributed by atoms with van der Waals surface area (Å²) >= 11 is 2.08. The van der Waals surface area contributed by atoms with Crippen LogP contribution >= 0.6 is 11.8 Å². The van der Waals surface area contributed by atoms with Gasteiger partial charge in [-0.1, -0.05) is 6.92 Å². The molecular weight excluding hydrogens is 130 g/mol. The van der Waals surface area contributed by atoms with E-state index in [1.807, 2.05) is 0 Å². The van der Waals surface area contributed by atoms with Crippen LogP contribution < -0.4 is 0 Å². The molecule has 1 rings (SSSR count). The largest absolute Gasteiger partial charge is 0.299 e. The normalized spacial score (nSPS) is 30.7. The molecule has 0 aliphatic carbocycles. The van der Waals surface area contributed by atoms with Crippen LogP contribution in [0, 0.1) is 0 Å². The maximum absolute atomic E-state index is 2.54. The van der Waals surface area contributed by atoms with Gasteiger partial charge in [0.2, 0.25) is 0 Å². The topological polar surface area (TPSA) is 3.24 Å². The van der Waals surface area contributed by atoms with Gasteiger partial charge >= 0.3 is 0 Å². The van der Waals surface area contributed by atoms with Gasteiger partial charge in [-0.3, -0.25) is 4.90 Å². The van der Waals surface area contributed by atoms with E-state index in [2.05, 4.69) is 30.5 Å². The molecule has 1 heterocycles. The van der Waals surface area contributed by atoms with Crippen LogP contribution in [-0.2, 0) is 0 Å². The monoisotopic (exact) mass is 145 g/mol. The van der Waals surface area contributed by atoms with Crippen LogP contribution in [0.2, 0.25) is 0 Å². The SMILES string of the molecule is CCN1CCSCC1C. The first-order valence-electron chi connectivity index (χ1n) is 3.66. The van der Waals surface area contributed by atoms with Crippen molar-refractivity contribution in [3.05, 3.63) is 0 Å². The molecule has 0 amide bonds. The smallest absolute Gasteiger partial charge is 0.0158 e. The van der Waals surface area contributed by atoms with Gasteiger partial charge in [0.15, 0.2) is 0 Å². The van der Waals surface area contributed by atoms with E-state index in [4.69, 9.17) is 0 Å². The van der Waals surface area contributed by atoms with Crippen LogP contribution in [0.1, 0.15) is 13.8 Å². The molecule has 1 unspecified atom stereocenters. The second-order valence-corrected chi connectivity index (χ2v) is 3.70. The third-order valence-corrected chi connectivity index (χ3v) is 3.10. The van der Waals surface area contributed by atoms with E-state index >= 15 is 0 Å². The molecule has 9 heavy (non-hydrogen) atoms. The molecule has 0 saturated carbocycles. The Morgan fingerprint density at radius 2 is 2.44 bits per heavy atom. The summed E-state index contributed by atoms with van der Waals surface area (Å²) in [4.78, 5) is 2.54. The molecular formula is C7H15NS. The highest BCUT2D eigenvalue weighted by molar-refractivity contribution is 7.99. The molecule has 1 saturated heterocycles. The minimum Gasteiger partial charge on any atom is -0.299 e. The number of rotatable bonds is 1.